The number of hydrogen-bond donors (Lipinski definition) is 0. The van der Waals surface area contributed by atoms with E-state index < -0.39 is 0 Å². The monoisotopic (exact) mass is 256 g/mol. The molecule has 0 saturated heterocycles. The highest BCUT2D eigenvalue weighted by molar-refractivity contribution is 9.09. The SMILES string of the molecule is CCCN(CCBr)Cc1cccnc1. The number of alkyl halides is 1. The molecular formula is C11H17BrN2. The van der Waals surface area contributed by atoms with E-state index in [0.29, 0.717) is 0 Å². The minimum Gasteiger partial charge on any atom is -0.298 e. The third-order valence-electron chi connectivity index (χ3n) is 2.07. The quantitative estimate of drug-likeness (QED) is 0.728. The summed E-state index contributed by atoms with van der Waals surface area (Å²) < 4.78 is 0. The molecule has 1 aromatic rings. The van der Waals surface area contributed by atoms with Crippen LogP contribution in [0.5, 0.6) is 0 Å². The lowest BCUT2D eigenvalue weighted by molar-refractivity contribution is 0.283. The maximum Gasteiger partial charge on any atom is 0.0312 e. The van der Waals surface area contributed by atoms with E-state index in [1.54, 1.807) is 0 Å². The Bertz CT molecular complexity index is 232. The Labute approximate surface area is 94.5 Å². The van der Waals surface area contributed by atoms with Crippen LogP contribution in [0.2, 0.25) is 0 Å². The molecule has 2 nitrogen and oxygen atoms in total. The molecule has 0 bridgehead atoms. The maximum absolute atomic E-state index is 4.12. The molecule has 0 N–H and O–H groups in total. The van der Waals surface area contributed by atoms with Crippen molar-refractivity contribution in [3.05, 3.63) is 30.1 Å². The molecule has 0 amide bonds. The molecule has 0 radical (unpaired) electrons. The molecule has 0 spiro atoms. The van der Waals surface area contributed by atoms with Crippen molar-refractivity contribution in [2.45, 2.75) is 19.9 Å². The fraction of sp³-hybridized carbons (Fsp3) is 0.545. The third kappa shape index (κ3) is 4.20. The maximum atomic E-state index is 4.12. The molecule has 14 heavy (non-hydrogen) atoms. The summed E-state index contributed by atoms with van der Waals surface area (Å²) in [5, 5.41) is 1.03. The number of aromatic nitrogens is 1. The second-order valence-corrected chi connectivity index (χ2v) is 4.12. The summed E-state index contributed by atoms with van der Waals surface area (Å²) in [6, 6.07) is 4.12. The van der Waals surface area contributed by atoms with E-state index in [1.807, 2.05) is 18.5 Å². The molecule has 0 aliphatic carbocycles. The van der Waals surface area contributed by atoms with Crippen LogP contribution in [0.1, 0.15) is 18.9 Å². The zero-order valence-electron chi connectivity index (χ0n) is 8.62. The van der Waals surface area contributed by atoms with Crippen LogP contribution < -0.4 is 0 Å². The minimum absolute atomic E-state index is 1.01. The van der Waals surface area contributed by atoms with Crippen molar-refractivity contribution in [1.29, 1.82) is 0 Å². The Hall–Kier alpha value is -0.410. The predicted molar refractivity (Wildman–Crippen MR) is 63.6 cm³/mol. The Morgan fingerprint density at radius 3 is 2.86 bits per heavy atom. The summed E-state index contributed by atoms with van der Waals surface area (Å²) in [7, 11) is 0. The van der Waals surface area contributed by atoms with Crippen LogP contribution in [-0.4, -0.2) is 28.3 Å². The van der Waals surface area contributed by atoms with Crippen molar-refractivity contribution < 1.29 is 0 Å². The number of hydrogen-bond acceptors (Lipinski definition) is 2. The average molecular weight is 257 g/mol. The highest BCUT2D eigenvalue weighted by atomic mass is 79.9. The fourth-order valence-corrected chi connectivity index (χ4v) is 1.96. The van der Waals surface area contributed by atoms with Crippen molar-refractivity contribution in [2.75, 3.05) is 18.4 Å². The molecule has 0 fully saturated rings. The second-order valence-electron chi connectivity index (χ2n) is 3.33. The molecule has 1 heterocycles. The van der Waals surface area contributed by atoms with Crippen molar-refractivity contribution in [3.8, 4) is 0 Å². The summed E-state index contributed by atoms with van der Waals surface area (Å²) in [5.41, 5.74) is 1.29. The van der Waals surface area contributed by atoms with Crippen LogP contribution in [0.25, 0.3) is 0 Å². The molecule has 0 unspecified atom stereocenters. The highest BCUT2D eigenvalue weighted by Crippen LogP contribution is 2.03. The van der Waals surface area contributed by atoms with Gasteiger partial charge in [0.2, 0.25) is 0 Å². The van der Waals surface area contributed by atoms with E-state index in [9.17, 15) is 0 Å². The van der Waals surface area contributed by atoms with Crippen LogP contribution in [0.15, 0.2) is 24.5 Å². The molecular weight excluding hydrogens is 240 g/mol. The largest absolute Gasteiger partial charge is 0.298 e. The van der Waals surface area contributed by atoms with E-state index in [1.165, 1.54) is 12.0 Å². The summed E-state index contributed by atoms with van der Waals surface area (Å²) in [4.78, 5) is 6.56. The van der Waals surface area contributed by atoms with Gasteiger partial charge in [-0.2, -0.15) is 0 Å². The first kappa shape index (κ1) is 11.7. The average Bonchev–Trinajstić information content (AvgIpc) is 2.20. The Balaban J connectivity index is 2.46. The Morgan fingerprint density at radius 2 is 2.29 bits per heavy atom. The molecule has 1 aromatic heterocycles. The van der Waals surface area contributed by atoms with Crippen LogP contribution >= 0.6 is 15.9 Å². The van der Waals surface area contributed by atoms with Crippen molar-refractivity contribution >= 4 is 15.9 Å². The van der Waals surface area contributed by atoms with Crippen LogP contribution in [0, 0.1) is 0 Å². The summed E-state index contributed by atoms with van der Waals surface area (Å²) in [6.07, 6.45) is 4.96. The topological polar surface area (TPSA) is 16.1 Å². The standard InChI is InChI=1S/C11H17BrN2/c1-2-7-14(8-5-12)10-11-4-3-6-13-9-11/h3-4,6,9H,2,5,7-8,10H2,1H3. The van der Waals surface area contributed by atoms with E-state index in [2.05, 4.69) is 38.8 Å². The molecule has 0 aliphatic heterocycles. The molecule has 3 heteroatoms. The third-order valence-corrected chi connectivity index (χ3v) is 2.42. The lowest BCUT2D eigenvalue weighted by atomic mass is 10.2. The first-order chi connectivity index (χ1) is 6.86. The number of halogens is 1. The fourth-order valence-electron chi connectivity index (χ4n) is 1.46. The second kappa shape index (κ2) is 6.96. The van der Waals surface area contributed by atoms with Gasteiger partial charge in [-0.1, -0.05) is 28.9 Å². The Kier molecular flexibility index (Phi) is 5.80. The lowest BCUT2D eigenvalue weighted by Gasteiger charge is -2.20. The van der Waals surface area contributed by atoms with Gasteiger partial charge in [0.1, 0.15) is 0 Å². The van der Waals surface area contributed by atoms with Gasteiger partial charge in [-0.15, -0.1) is 0 Å². The van der Waals surface area contributed by atoms with Gasteiger partial charge in [0.05, 0.1) is 0 Å². The number of rotatable bonds is 6. The highest BCUT2D eigenvalue weighted by Gasteiger charge is 2.03. The van der Waals surface area contributed by atoms with E-state index in [0.717, 1.165) is 25.0 Å². The minimum atomic E-state index is 1.01. The normalized spacial score (nSPS) is 10.8. The number of nitrogens with zero attached hydrogens (tertiary/aromatic N) is 2. The van der Waals surface area contributed by atoms with E-state index >= 15 is 0 Å². The van der Waals surface area contributed by atoms with Crippen molar-refractivity contribution in [1.82, 2.24) is 9.88 Å². The zero-order valence-corrected chi connectivity index (χ0v) is 10.2. The first-order valence-corrected chi connectivity index (χ1v) is 6.16. The molecule has 1 rings (SSSR count). The van der Waals surface area contributed by atoms with Gasteiger partial charge in [0.15, 0.2) is 0 Å². The van der Waals surface area contributed by atoms with Crippen molar-refractivity contribution in [3.63, 3.8) is 0 Å². The molecule has 0 aromatic carbocycles. The Morgan fingerprint density at radius 1 is 1.43 bits per heavy atom. The van der Waals surface area contributed by atoms with Gasteiger partial charge < -0.3 is 0 Å². The van der Waals surface area contributed by atoms with Crippen LogP contribution in [-0.2, 0) is 6.54 Å². The van der Waals surface area contributed by atoms with Gasteiger partial charge in [0.25, 0.3) is 0 Å². The van der Waals surface area contributed by atoms with Gasteiger partial charge in [-0.3, -0.25) is 9.88 Å². The first-order valence-electron chi connectivity index (χ1n) is 5.04. The van der Waals surface area contributed by atoms with E-state index in [4.69, 9.17) is 0 Å². The summed E-state index contributed by atoms with van der Waals surface area (Å²) >= 11 is 3.48. The summed E-state index contributed by atoms with van der Waals surface area (Å²) in [6.45, 7) is 5.47. The predicted octanol–water partition coefficient (Wildman–Crippen LogP) is 2.69. The van der Waals surface area contributed by atoms with Crippen LogP contribution in [0.4, 0.5) is 0 Å². The van der Waals surface area contributed by atoms with Gasteiger partial charge in [-0.05, 0) is 24.6 Å². The summed E-state index contributed by atoms with van der Waals surface area (Å²) in [5.74, 6) is 0. The van der Waals surface area contributed by atoms with Crippen molar-refractivity contribution in [2.24, 2.45) is 0 Å². The lowest BCUT2D eigenvalue weighted by Crippen LogP contribution is -2.26. The molecule has 78 valence electrons. The molecule has 0 saturated carbocycles. The van der Waals surface area contributed by atoms with E-state index in [-0.39, 0.29) is 0 Å². The molecule has 0 atom stereocenters. The smallest absolute Gasteiger partial charge is 0.0312 e. The molecule has 0 aliphatic rings. The zero-order chi connectivity index (χ0) is 10.2. The number of pyridine rings is 1. The van der Waals surface area contributed by atoms with Gasteiger partial charge >= 0.3 is 0 Å². The van der Waals surface area contributed by atoms with Gasteiger partial charge in [0, 0.05) is 30.8 Å². The van der Waals surface area contributed by atoms with Crippen LogP contribution in [0.3, 0.4) is 0 Å². The van der Waals surface area contributed by atoms with Gasteiger partial charge in [-0.25, -0.2) is 0 Å².